The van der Waals surface area contributed by atoms with Crippen molar-refractivity contribution in [1.29, 1.82) is 0 Å². The Bertz CT molecular complexity index is 236. The third-order valence-corrected chi connectivity index (χ3v) is 1.85. The minimum absolute atomic E-state index is 0.403. The van der Waals surface area contributed by atoms with E-state index in [1.54, 1.807) is 18.3 Å². The largest absolute Gasteiger partial charge is 0.394 e. The Balaban J connectivity index is 2.62. The molecule has 13 heavy (non-hydrogen) atoms. The third-order valence-electron chi connectivity index (χ3n) is 1.85. The van der Waals surface area contributed by atoms with Crippen molar-refractivity contribution < 1.29 is 20.4 Å². The van der Waals surface area contributed by atoms with Crippen LogP contribution in [0.1, 0.15) is 11.8 Å². The van der Waals surface area contributed by atoms with Crippen LogP contribution in [0.4, 0.5) is 0 Å². The normalized spacial score (nSPS) is 18.2. The predicted molar refractivity (Wildman–Crippen MR) is 44.9 cm³/mol. The maximum absolute atomic E-state index is 9.43. The first-order chi connectivity index (χ1) is 6.16. The number of aromatic nitrogens is 1. The van der Waals surface area contributed by atoms with Crippen LogP contribution in [0.5, 0.6) is 0 Å². The molecule has 0 amide bonds. The topological polar surface area (TPSA) is 96.7 Å². The Kier molecular flexibility index (Phi) is 3.44. The molecule has 1 rings (SSSR count). The lowest BCUT2D eigenvalue weighted by Crippen LogP contribution is -2.34. The van der Waals surface area contributed by atoms with E-state index in [4.69, 9.17) is 10.2 Å². The zero-order chi connectivity index (χ0) is 9.84. The predicted octanol–water partition coefficient (Wildman–Crippen LogP) is -1.24. The summed E-state index contributed by atoms with van der Waals surface area (Å²) in [5.41, 5.74) is 0.403. The van der Waals surface area contributed by atoms with Gasteiger partial charge in [-0.05, 0) is 12.1 Å². The van der Waals surface area contributed by atoms with E-state index < -0.39 is 24.9 Å². The second kappa shape index (κ2) is 4.38. The summed E-state index contributed by atoms with van der Waals surface area (Å²) in [6, 6.07) is 3.24. The van der Waals surface area contributed by atoms with E-state index in [1.165, 1.54) is 0 Å². The summed E-state index contributed by atoms with van der Waals surface area (Å²) < 4.78 is 0. The van der Waals surface area contributed by atoms with Crippen LogP contribution in [0, 0.1) is 0 Å². The molecule has 0 unspecified atom stereocenters. The maximum Gasteiger partial charge on any atom is 0.122 e. The number of rotatable bonds is 4. The molecule has 0 saturated heterocycles. The van der Waals surface area contributed by atoms with Crippen LogP contribution in [0.3, 0.4) is 0 Å². The van der Waals surface area contributed by atoms with Gasteiger partial charge in [0.05, 0.1) is 6.61 Å². The highest BCUT2D eigenvalue weighted by molar-refractivity contribution is 5.08. The summed E-state index contributed by atoms with van der Waals surface area (Å²) in [6.07, 6.45) is -2.34. The lowest BCUT2D eigenvalue weighted by molar-refractivity contribution is -0.0788. The Morgan fingerprint density at radius 1 is 1.31 bits per heavy atom. The zero-order valence-corrected chi connectivity index (χ0v) is 6.96. The molecule has 0 bridgehead atoms. The van der Waals surface area contributed by atoms with E-state index in [0.717, 1.165) is 0 Å². The Morgan fingerprint density at radius 2 is 2.00 bits per heavy atom. The highest BCUT2D eigenvalue weighted by Gasteiger charge is 2.25. The van der Waals surface area contributed by atoms with E-state index in [2.05, 4.69) is 4.98 Å². The van der Waals surface area contributed by atoms with E-state index in [1.807, 2.05) is 0 Å². The molecular formula is C8H13NO4. The van der Waals surface area contributed by atoms with E-state index in [9.17, 15) is 10.2 Å². The van der Waals surface area contributed by atoms with Gasteiger partial charge in [-0.2, -0.15) is 0 Å². The van der Waals surface area contributed by atoms with Crippen LogP contribution in [-0.4, -0.2) is 44.2 Å². The Labute approximate surface area is 75.3 Å². The summed E-state index contributed by atoms with van der Waals surface area (Å²) in [5, 5.41) is 36.2. The van der Waals surface area contributed by atoms with Crippen molar-refractivity contribution in [3.8, 4) is 0 Å². The highest BCUT2D eigenvalue weighted by atomic mass is 16.4. The Morgan fingerprint density at radius 3 is 2.46 bits per heavy atom. The maximum atomic E-state index is 9.43. The van der Waals surface area contributed by atoms with Gasteiger partial charge in [0.2, 0.25) is 0 Å². The van der Waals surface area contributed by atoms with Crippen molar-refractivity contribution in [2.24, 2.45) is 0 Å². The minimum atomic E-state index is -1.39. The number of hydrogen-bond donors (Lipinski definition) is 5. The Hall–Kier alpha value is -0.880. The lowest BCUT2D eigenvalue weighted by atomic mass is 10.1. The number of hydrogen-bond acceptors (Lipinski definition) is 4. The monoisotopic (exact) mass is 187 g/mol. The fourth-order valence-electron chi connectivity index (χ4n) is 1.03. The number of H-pyrrole nitrogens is 1. The summed E-state index contributed by atoms with van der Waals surface area (Å²) >= 11 is 0. The second-order valence-corrected chi connectivity index (χ2v) is 2.81. The van der Waals surface area contributed by atoms with Crippen molar-refractivity contribution in [3.05, 3.63) is 24.0 Å². The van der Waals surface area contributed by atoms with Crippen LogP contribution in [0.2, 0.25) is 0 Å². The van der Waals surface area contributed by atoms with Gasteiger partial charge in [0, 0.05) is 11.9 Å². The van der Waals surface area contributed by atoms with Gasteiger partial charge in [-0.1, -0.05) is 0 Å². The molecule has 0 aliphatic carbocycles. The first-order valence-electron chi connectivity index (χ1n) is 3.95. The second-order valence-electron chi connectivity index (χ2n) is 2.81. The first-order valence-corrected chi connectivity index (χ1v) is 3.95. The van der Waals surface area contributed by atoms with Gasteiger partial charge in [-0.25, -0.2) is 0 Å². The standard InChI is InChI=1S/C8H13NO4/c10-4-6(11)8(13)7(12)5-2-1-3-9-5/h1-3,6-13H,4H2/t6-,7-,8-/m1/s1. The molecule has 5 heteroatoms. The van der Waals surface area contributed by atoms with E-state index in [-0.39, 0.29) is 0 Å². The molecule has 1 aromatic rings. The molecule has 0 spiro atoms. The SMILES string of the molecule is OC[C@@H](O)[C@@H](O)[C@H](O)c1ccc[nH]1. The first kappa shape index (κ1) is 10.2. The molecule has 74 valence electrons. The van der Waals surface area contributed by atoms with Crippen LogP contribution >= 0.6 is 0 Å². The summed E-state index contributed by atoms with van der Waals surface area (Å²) in [6.45, 7) is -0.584. The average molecular weight is 187 g/mol. The van der Waals surface area contributed by atoms with Crippen LogP contribution < -0.4 is 0 Å². The molecule has 0 fully saturated rings. The summed E-state index contributed by atoms with van der Waals surface area (Å²) in [7, 11) is 0. The lowest BCUT2D eigenvalue weighted by Gasteiger charge is -2.20. The molecular weight excluding hydrogens is 174 g/mol. The third kappa shape index (κ3) is 2.28. The fraction of sp³-hybridized carbons (Fsp3) is 0.500. The summed E-state index contributed by atoms with van der Waals surface area (Å²) in [4.78, 5) is 2.69. The molecule has 5 N–H and O–H groups in total. The molecule has 0 aliphatic heterocycles. The minimum Gasteiger partial charge on any atom is -0.394 e. The van der Waals surface area contributed by atoms with Crippen molar-refractivity contribution in [2.75, 3.05) is 6.61 Å². The van der Waals surface area contributed by atoms with E-state index in [0.29, 0.717) is 5.69 Å². The smallest absolute Gasteiger partial charge is 0.122 e. The van der Waals surface area contributed by atoms with Crippen molar-refractivity contribution in [2.45, 2.75) is 18.3 Å². The molecule has 0 aliphatic rings. The van der Waals surface area contributed by atoms with Gasteiger partial charge >= 0.3 is 0 Å². The molecule has 1 aromatic heterocycles. The average Bonchev–Trinajstić information content (AvgIpc) is 2.67. The van der Waals surface area contributed by atoms with Crippen LogP contribution in [0.25, 0.3) is 0 Å². The quantitative estimate of drug-likeness (QED) is 0.407. The van der Waals surface area contributed by atoms with Gasteiger partial charge in [-0.15, -0.1) is 0 Å². The zero-order valence-electron chi connectivity index (χ0n) is 6.96. The van der Waals surface area contributed by atoms with E-state index >= 15 is 0 Å². The van der Waals surface area contributed by atoms with Gasteiger partial charge in [0.25, 0.3) is 0 Å². The molecule has 0 aromatic carbocycles. The van der Waals surface area contributed by atoms with Crippen molar-refractivity contribution in [1.82, 2.24) is 4.98 Å². The van der Waals surface area contributed by atoms with Gasteiger partial charge in [0.15, 0.2) is 0 Å². The molecule has 1 heterocycles. The van der Waals surface area contributed by atoms with Crippen molar-refractivity contribution in [3.63, 3.8) is 0 Å². The number of aliphatic hydroxyl groups excluding tert-OH is 4. The number of nitrogens with one attached hydrogen (secondary N) is 1. The van der Waals surface area contributed by atoms with Gasteiger partial charge in [-0.3, -0.25) is 0 Å². The van der Waals surface area contributed by atoms with Gasteiger partial charge < -0.3 is 25.4 Å². The van der Waals surface area contributed by atoms with Crippen molar-refractivity contribution >= 4 is 0 Å². The number of aromatic amines is 1. The van der Waals surface area contributed by atoms with Gasteiger partial charge in [0.1, 0.15) is 18.3 Å². The summed E-state index contributed by atoms with van der Waals surface area (Å²) in [5.74, 6) is 0. The van der Waals surface area contributed by atoms with Crippen LogP contribution in [0.15, 0.2) is 18.3 Å². The molecule has 0 radical (unpaired) electrons. The highest BCUT2D eigenvalue weighted by Crippen LogP contribution is 2.16. The molecule has 3 atom stereocenters. The van der Waals surface area contributed by atoms with Crippen LogP contribution in [-0.2, 0) is 0 Å². The fourth-order valence-corrected chi connectivity index (χ4v) is 1.03. The molecule has 0 saturated carbocycles. The number of aliphatic hydroxyl groups is 4. The molecule has 5 nitrogen and oxygen atoms in total.